The Morgan fingerprint density at radius 1 is 0.969 bits per heavy atom. The Hall–Kier alpha value is -3.92. The fraction of sp³-hybridized carbons (Fsp3) is 0.200. The van der Waals surface area contributed by atoms with E-state index >= 15 is 0 Å². The zero-order chi connectivity index (χ0) is 22.5. The van der Waals surface area contributed by atoms with Crippen molar-refractivity contribution >= 4 is 11.7 Å². The third kappa shape index (κ3) is 4.86. The largest absolute Gasteiger partial charge is 0.495 e. The summed E-state index contributed by atoms with van der Waals surface area (Å²) in [6.45, 7) is 2.53. The lowest BCUT2D eigenvalue weighted by Gasteiger charge is -2.35. The maximum Gasteiger partial charge on any atom is 0.254 e. The number of amides is 1. The second-order valence-corrected chi connectivity index (χ2v) is 7.29. The lowest BCUT2D eigenvalue weighted by atomic mass is 10.1. The number of hydrogen-bond donors (Lipinski definition) is 0. The van der Waals surface area contributed by atoms with Crippen LogP contribution in [0.4, 0.5) is 14.6 Å². The van der Waals surface area contributed by atoms with Crippen molar-refractivity contribution in [3.63, 3.8) is 0 Å². The number of piperazine rings is 1. The summed E-state index contributed by atoms with van der Waals surface area (Å²) >= 11 is 0. The molecule has 0 saturated carbocycles. The van der Waals surface area contributed by atoms with Gasteiger partial charge in [-0.05, 0) is 42.5 Å². The number of halogens is 2. The summed E-state index contributed by atoms with van der Waals surface area (Å²) in [7, 11) is 1.50. The van der Waals surface area contributed by atoms with E-state index in [0.29, 0.717) is 43.1 Å². The van der Waals surface area contributed by atoms with Crippen molar-refractivity contribution < 1.29 is 18.3 Å². The van der Waals surface area contributed by atoms with Gasteiger partial charge in [-0.15, -0.1) is 0 Å². The molecular formula is C25H21F2N3O2. The van der Waals surface area contributed by atoms with E-state index in [4.69, 9.17) is 4.74 Å². The molecule has 0 radical (unpaired) electrons. The molecule has 0 spiro atoms. The molecule has 1 fully saturated rings. The van der Waals surface area contributed by atoms with Gasteiger partial charge in [-0.2, -0.15) is 0 Å². The third-order valence-electron chi connectivity index (χ3n) is 5.19. The van der Waals surface area contributed by atoms with Crippen molar-refractivity contribution in [3.05, 3.63) is 89.1 Å². The van der Waals surface area contributed by atoms with Gasteiger partial charge in [0.2, 0.25) is 0 Å². The molecule has 1 saturated heterocycles. The minimum absolute atomic E-state index is 0.104. The monoisotopic (exact) mass is 433 g/mol. The van der Waals surface area contributed by atoms with Gasteiger partial charge in [0.25, 0.3) is 5.91 Å². The predicted octanol–water partition coefficient (Wildman–Crippen LogP) is 3.73. The molecule has 1 aromatic heterocycles. The van der Waals surface area contributed by atoms with Crippen molar-refractivity contribution in [2.75, 3.05) is 38.2 Å². The van der Waals surface area contributed by atoms with Crippen LogP contribution in [0, 0.1) is 23.5 Å². The summed E-state index contributed by atoms with van der Waals surface area (Å²) in [5.74, 6) is 5.48. The number of aromatic nitrogens is 1. The Morgan fingerprint density at radius 2 is 1.72 bits per heavy atom. The first kappa shape index (κ1) is 21.3. The maximum atomic E-state index is 13.4. The fourth-order valence-electron chi connectivity index (χ4n) is 3.57. The van der Waals surface area contributed by atoms with Crippen LogP contribution in [0.1, 0.15) is 21.5 Å². The lowest BCUT2D eigenvalue weighted by molar-refractivity contribution is 0.0746. The molecule has 0 aliphatic carbocycles. The molecule has 1 aliphatic heterocycles. The number of anilines is 1. The van der Waals surface area contributed by atoms with Crippen molar-refractivity contribution in [1.29, 1.82) is 0 Å². The third-order valence-corrected chi connectivity index (χ3v) is 5.19. The van der Waals surface area contributed by atoms with Gasteiger partial charge in [-0.25, -0.2) is 13.8 Å². The number of rotatable bonds is 3. The highest BCUT2D eigenvalue weighted by Gasteiger charge is 2.23. The van der Waals surface area contributed by atoms with Crippen molar-refractivity contribution in [3.8, 4) is 17.6 Å². The molecule has 1 aliphatic rings. The minimum atomic E-state index is -0.699. The molecular weight excluding hydrogens is 412 g/mol. The first-order valence-corrected chi connectivity index (χ1v) is 10.1. The SMILES string of the molecule is COc1ccc(C(=O)N2CCN(c3ccccn3)CC2)cc1C#Cc1cc(F)cc(F)c1. The molecule has 7 heteroatoms. The van der Waals surface area contributed by atoms with Gasteiger partial charge in [0, 0.05) is 49.6 Å². The maximum absolute atomic E-state index is 13.4. The highest BCUT2D eigenvalue weighted by Crippen LogP contribution is 2.21. The Morgan fingerprint density at radius 3 is 2.38 bits per heavy atom. The van der Waals surface area contributed by atoms with Crippen LogP contribution in [0.2, 0.25) is 0 Å². The van der Waals surface area contributed by atoms with E-state index in [2.05, 4.69) is 21.7 Å². The summed E-state index contributed by atoms with van der Waals surface area (Å²) in [5.41, 5.74) is 1.15. The van der Waals surface area contributed by atoms with Crippen LogP contribution in [-0.4, -0.2) is 49.1 Å². The standard InChI is InChI=1S/C25H21F2N3O2/c1-32-23-8-7-20(16-19(23)6-5-18-14-21(26)17-22(27)15-18)25(31)30-12-10-29(11-13-30)24-4-2-3-9-28-24/h2-4,7-9,14-17H,10-13H2,1H3. The zero-order valence-electron chi connectivity index (χ0n) is 17.5. The summed E-state index contributed by atoms with van der Waals surface area (Å²) in [5, 5.41) is 0. The highest BCUT2D eigenvalue weighted by molar-refractivity contribution is 5.95. The van der Waals surface area contributed by atoms with Crippen LogP contribution in [0.5, 0.6) is 5.75 Å². The molecule has 1 amide bonds. The van der Waals surface area contributed by atoms with Crippen molar-refractivity contribution in [1.82, 2.24) is 9.88 Å². The predicted molar refractivity (Wildman–Crippen MR) is 118 cm³/mol. The zero-order valence-corrected chi connectivity index (χ0v) is 17.5. The van der Waals surface area contributed by atoms with E-state index in [-0.39, 0.29) is 11.5 Å². The Balaban J connectivity index is 1.51. The van der Waals surface area contributed by atoms with E-state index in [1.54, 1.807) is 29.3 Å². The topological polar surface area (TPSA) is 45.7 Å². The number of nitrogens with zero attached hydrogens (tertiary/aromatic N) is 3. The number of ether oxygens (including phenoxy) is 1. The van der Waals surface area contributed by atoms with E-state index in [1.807, 2.05) is 18.2 Å². The van der Waals surface area contributed by atoms with E-state index in [1.165, 1.54) is 7.11 Å². The molecule has 0 atom stereocenters. The molecule has 0 unspecified atom stereocenters. The number of carbonyl (C=O) groups excluding carboxylic acids is 1. The minimum Gasteiger partial charge on any atom is -0.495 e. The second kappa shape index (κ2) is 9.48. The van der Waals surface area contributed by atoms with Crippen LogP contribution >= 0.6 is 0 Å². The number of methoxy groups -OCH3 is 1. The summed E-state index contributed by atoms with van der Waals surface area (Å²) in [6, 6.07) is 13.9. The quantitative estimate of drug-likeness (QED) is 0.591. The first-order valence-electron chi connectivity index (χ1n) is 10.1. The first-order chi connectivity index (χ1) is 15.5. The van der Waals surface area contributed by atoms with Gasteiger partial charge >= 0.3 is 0 Å². The fourth-order valence-corrected chi connectivity index (χ4v) is 3.57. The number of hydrogen-bond acceptors (Lipinski definition) is 4. The molecule has 3 aromatic rings. The average molecular weight is 433 g/mol. The second-order valence-electron chi connectivity index (χ2n) is 7.29. The number of benzene rings is 2. The van der Waals surface area contributed by atoms with Crippen LogP contribution in [0.15, 0.2) is 60.8 Å². The summed E-state index contributed by atoms with van der Waals surface area (Å²) < 4.78 is 32.2. The highest BCUT2D eigenvalue weighted by atomic mass is 19.1. The van der Waals surface area contributed by atoms with Gasteiger partial charge in [-0.3, -0.25) is 4.79 Å². The van der Waals surface area contributed by atoms with Gasteiger partial charge in [0.15, 0.2) is 0 Å². The molecule has 5 nitrogen and oxygen atoms in total. The molecule has 162 valence electrons. The normalized spacial score (nSPS) is 13.3. The number of pyridine rings is 1. The molecule has 0 N–H and O–H groups in total. The Bertz CT molecular complexity index is 1160. The van der Waals surface area contributed by atoms with Crippen LogP contribution in [0.25, 0.3) is 0 Å². The van der Waals surface area contributed by atoms with Crippen LogP contribution < -0.4 is 9.64 Å². The summed E-state index contributed by atoms with van der Waals surface area (Å²) in [4.78, 5) is 21.4. The van der Waals surface area contributed by atoms with Crippen LogP contribution in [0.3, 0.4) is 0 Å². The molecule has 2 heterocycles. The number of carbonyl (C=O) groups is 1. The Kier molecular flexibility index (Phi) is 6.31. The molecule has 2 aromatic carbocycles. The van der Waals surface area contributed by atoms with E-state index < -0.39 is 11.6 Å². The van der Waals surface area contributed by atoms with Gasteiger partial charge in [-0.1, -0.05) is 17.9 Å². The summed E-state index contributed by atoms with van der Waals surface area (Å²) in [6.07, 6.45) is 1.75. The van der Waals surface area contributed by atoms with Gasteiger partial charge in [0.05, 0.1) is 12.7 Å². The lowest BCUT2D eigenvalue weighted by Crippen LogP contribution is -2.49. The van der Waals surface area contributed by atoms with Crippen LogP contribution in [-0.2, 0) is 0 Å². The van der Waals surface area contributed by atoms with E-state index in [9.17, 15) is 13.6 Å². The average Bonchev–Trinajstić information content (AvgIpc) is 2.82. The van der Waals surface area contributed by atoms with E-state index in [0.717, 1.165) is 24.0 Å². The smallest absolute Gasteiger partial charge is 0.254 e. The van der Waals surface area contributed by atoms with Crippen molar-refractivity contribution in [2.24, 2.45) is 0 Å². The Labute approximate surface area is 185 Å². The van der Waals surface area contributed by atoms with Gasteiger partial charge < -0.3 is 14.5 Å². The van der Waals surface area contributed by atoms with Crippen molar-refractivity contribution in [2.45, 2.75) is 0 Å². The molecule has 32 heavy (non-hydrogen) atoms. The van der Waals surface area contributed by atoms with Gasteiger partial charge in [0.1, 0.15) is 23.2 Å². The molecule has 0 bridgehead atoms. The molecule has 4 rings (SSSR count).